The lowest BCUT2D eigenvalue weighted by atomic mass is 9.62. The molecular formula is C27H42O5. The molecule has 0 aromatic heterocycles. The second kappa shape index (κ2) is 9.82. The van der Waals surface area contributed by atoms with Gasteiger partial charge in [0.15, 0.2) is 0 Å². The summed E-state index contributed by atoms with van der Waals surface area (Å²) in [5, 5.41) is 30.1. The van der Waals surface area contributed by atoms with Gasteiger partial charge in [-0.25, -0.2) is 0 Å². The summed E-state index contributed by atoms with van der Waals surface area (Å²) in [5.41, 5.74) is 2.29. The zero-order valence-corrected chi connectivity index (χ0v) is 20.3. The van der Waals surface area contributed by atoms with Crippen molar-refractivity contribution in [2.24, 2.45) is 17.3 Å². The number of fused-ring (bicyclic) bond motifs is 1. The number of ether oxygens (including phenoxy) is 1. The third kappa shape index (κ3) is 5.73. The van der Waals surface area contributed by atoms with Crippen LogP contribution < -0.4 is 0 Å². The van der Waals surface area contributed by atoms with Crippen LogP contribution in [-0.4, -0.2) is 45.2 Å². The standard InChI is InChI=1S/C27H42O5/c1-17-23(28)15-19(16-24(17)29)8-9-20-7-6-13-27(5)21(10-11-22(20)27)18(2)32-25(30)12-14-26(3,4)31/h8-9,18,21-24,28-29,31H,1,6-7,10-16H2,2-5H3/b19-8?,20-9+/t18-,21+,22-,23-,24+,27+/m0/s1. The highest BCUT2D eigenvalue weighted by Crippen LogP contribution is 2.58. The Labute approximate surface area is 193 Å². The summed E-state index contributed by atoms with van der Waals surface area (Å²) in [7, 11) is 0. The van der Waals surface area contributed by atoms with Crippen molar-refractivity contribution < 1.29 is 24.9 Å². The van der Waals surface area contributed by atoms with Crippen LogP contribution in [0.3, 0.4) is 0 Å². The van der Waals surface area contributed by atoms with Crippen LogP contribution in [0.25, 0.3) is 0 Å². The average Bonchev–Trinajstić information content (AvgIpc) is 3.06. The largest absolute Gasteiger partial charge is 0.462 e. The van der Waals surface area contributed by atoms with E-state index in [-0.39, 0.29) is 23.9 Å². The molecule has 5 heteroatoms. The summed E-state index contributed by atoms with van der Waals surface area (Å²) in [6.07, 6.45) is 10.1. The molecule has 3 aliphatic carbocycles. The average molecular weight is 447 g/mol. The summed E-state index contributed by atoms with van der Waals surface area (Å²) in [6.45, 7) is 11.6. The van der Waals surface area contributed by atoms with E-state index in [1.807, 2.05) is 6.92 Å². The summed E-state index contributed by atoms with van der Waals surface area (Å²) in [5.74, 6) is 0.583. The first kappa shape index (κ1) is 25.2. The van der Waals surface area contributed by atoms with Crippen LogP contribution in [0.15, 0.2) is 35.5 Å². The number of allylic oxidation sites excluding steroid dienone is 3. The van der Waals surface area contributed by atoms with Crippen LogP contribution in [0.1, 0.15) is 85.5 Å². The normalized spacial score (nSPS) is 36.9. The minimum absolute atomic E-state index is 0.110. The molecule has 0 aromatic carbocycles. The van der Waals surface area contributed by atoms with Gasteiger partial charge in [-0.1, -0.05) is 36.8 Å². The fourth-order valence-corrected chi connectivity index (χ4v) is 6.23. The maximum absolute atomic E-state index is 12.3. The van der Waals surface area contributed by atoms with Gasteiger partial charge in [0.25, 0.3) is 0 Å². The number of rotatable bonds is 6. The number of aliphatic hydroxyl groups is 3. The van der Waals surface area contributed by atoms with Gasteiger partial charge in [0.2, 0.25) is 0 Å². The highest BCUT2D eigenvalue weighted by molar-refractivity contribution is 5.69. The van der Waals surface area contributed by atoms with Gasteiger partial charge >= 0.3 is 5.97 Å². The van der Waals surface area contributed by atoms with Crippen molar-refractivity contribution in [2.75, 3.05) is 0 Å². The molecule has 3 aliphatic rings. The van der Waals surface area contributed by atoms with E-state index >= 15 is 0 Å². The van der Waals surface area contributed by atoms with Crippen molar-refractivity contribution in [3.63, 3.8) is 0 Å². The number of carbonyl (C=O) groups excluding carboxylic acids is 1. The van der Waals surface area contributed by atoms with E-state index in [4.69, 9.17) is 4.74 Å². The molecule has 0 aliphatic heterocycles. The van der Waals surface area contributed by atoms with Crippen molar-refractivity contribution in [3.05, 3.63) is 35.5 Å². The van der Waals surface area contributed by atoms with Crippen LogP contribution in [0.2, 0.25) is 0 Å². The molecule has 0 bridgehead atoms. The van der Waals surface area contributed by atoms with E-state index in [0.717, 1.165) is 37.7 Å². The highest BCUT2D eigenvalue weighted by atomic mass is 16.5. The lowest BCUT2D eigenvalue weighted by Gasteiger charge is -2.44. The van der Waals surface area contributed by atoms with Gasteiger partial charge in [0.1, 0.15) is 6.10 Å². The van der Waals surface area contributed by atoms with E-state index in [2.05, 4.69) is 25.7 Å². The van der Waals surface area contributed by atoms with E-state index in [0.29, 0.717) is 36.7 Å². The molecule has 3 N–H and O–H groups in total. The smallest absolute Gasteiger partial charge is 0.306 e. The second-order valence-corrected chi connectivity index (χ2v) is 11.2. The zero-order valence-electron chi connectivity index (χ0n) is 20.3. The fraction of sp³-hybridized carbons (Fsp3) is 0.741. The number of aliphatic hydroxyl groups excluding tert-OH is 2. The SMILES string of the molecule is C=C1[C@H](O)CC(=C/C=C2\CCC[C@]3(C)[C@@H]([C@H](C)OC(=O)CCC(C)(C)O)CC[C@@H]23)C[C@@H]1O. The molecule has 3 fully saturated rings. The molecule has 0 spiro atoms. The number of esters is 1. The predicted octanol–water partition coefficient (Wildman–Crippen LogP) is 4.61. The number of carbonyl (C=O) groups is 1. The van der Waals surface area contributed by atoms with Crippen molar-refractivity contribution in [1.82, 2.24) is 0 Å². The molecule has 0 aromatic rings. The molecule has 3 saturated carbocycles. The number of hydrogen-bond acceptors (Lipinski definition) is 5. The van der Waals surface area contributed by atoms with Gasteiger partial charge in [-0.05, 0) is 89.0 Å². The topological polar surface area (TPSA) is 87.0 Å². The summed E-state index contributed by atoms with van der Waals surface area (Å²) < 4.78 is 5.82. The molecule has 0 radical (unpaired) electrons. The Balaban J connectivity index is 1.67. The molecule has 6 atom stereocenters. The maximum atomic E-state index is 12.3. The third-order valence-corrected chi connectivity index (χ3v) is 8.16. The summed E-state index contributed by atoms with van der Waals surface area (Å²) in [4.78, 5) is 12.3. The quantitative estimate of drug-likeness (QED) is 0.410. The van der Waals surface area contributed by atoms with E-state index < -0.39 is 17.8 Å². The molecule has 0 amide bonds. The molecule has 3 rings (SSSR count). The van der Waals surface area contributed by atoms with Crippen molar-refractivity contribution in [2.45, 2.75) is 109 Å². The molecule has 180 valence electrons. The van der Waals surface area contributed by atoms with Crippen molar-refractivity contribution in [1.29, 1.82) is 0 Å². The van der Waals surface area contributed by atoms with Gasteiger partial charge in [0, 0.05) is 12.3 Å². The van der Waals surface area contributed by atoms with E-state index in [9.17, 15) is 20.1 Å². The number of hydrogen-bond donors (Lipinski definition) is 3. The van der Waals surface area contributed by atoms with Crippen molar-refractivity contribution in [3.8, 4) is 0 Å². The third-order valence-electron chi connectivity index (χ3n) is 8.16. The van der Waals surface area contributed by atoms with Gasteiger partial charge in [-0.15, -0.1) is 0 Å². The molecule has 32 heavy (non-hydrogen) atoms. The summed E-state index contributed by atoms with van der Waals surface area (Å²) in [6, 6.07) is 0. The van der Waals surface area contributed by atoms with Crippen LogP contribution >= 0.6 is 0 Å². The van der Waals surface area contributed by atoms with Gasteiger partial charge in [0.05, 0.1) is 17.8 Å². The Kier molecular flexibility index (Phi) is 7.73. The van der Waals surface area contributed by atoms with Crippen molar-refractivity contribution >= 4 is 5.97 Å². The first-order valence-electron chi connectivity index (χ1n) is 12.3. The van der Waals surface area contributed by atoms with Crippen LogP contribution in [0, 0.1) is 17.3 Å². The predicted molar refractivity (Wildman–Crippen MR) is 126 cm³/mol. The lowest BCUT2D eigenvalue weighted by Crippen LogP contribution is -2.39. The molecule has 0 unspecified atom stereocenters. The van der Waals surface area contributed by atoms with Crippen LogP contribution in [0.4, 0.5) is 0 Å². The fourth-order valence-electron chi connectivity index (χ4n) is 6.23. The first-order chi connectivity index (χ1) is 14.9. The first-order valence-corrected chi connectivity index (χ1v) is 12.3. The van der Waals surface area contributed by atoms with Crippen LogP contribution in [-0.2, 0) is 9.53 Å². The van der Waals surface area contributed by atoms with Crippen LogP contribution in [0.5, 0.6) is 0 Å². The second-order valence-electron chi connectivity index (χ2n) is 11.2. The maximum Gasteiger partial charge on any atom is 0.306 e. The van der Waals surface area contributed by atoms with Gasteiger partial charge in [-0.3, -0.25) is 4.79 Å². The summed E-state index contributed by atoms with van der Waals surface area (Å²) >= 11 is 0. The molecular weight excluding hydrogens is 404 g/mol. The van der Waals surface area contributed by atoms with Gasteiger partial charge in [-0.2, -0.15) is 0 Å². The Morgan fingerprint density at radius 2 is 1.91 bits per heavy atom. The zero-order chi connectivity index (χ0) is 23.7. The molecule has 0 heterocycles. The Morgan fingerprint density at radius 1 is 1.25 bits per heavy atom. The Hall–Kier alpha value is -1.43. The Bertz CT molecular complexity index is 757. The minimum atomic E-state index is -0.859. The monoisotopic (exact) mass is 446 g/mol. The molecule has 5 nitrogen and oxygen atoms in total. The lowest BCUT2D eigenvalue weighted by molar-refractivity contribution is -0.154. The van der Waals surface area contributed by atoms with Gasteiger partial charge < -0.3 is 20.1 Å². The van der Waals surface area contributed by atoms with E-state index in [1.54, 1.807) is 13.8 Å². The minimum Gasteiger partial charge on any atom is -0.462 e. The molecule has 0 saturated heterocycles. The Morgan fingerprint density at radius 3 is 2.53 bits per heavy atom. The highest BCUT2D eigenvalue weighted by Gasteiger charge is 2.51. The van der Waals surface area contributed by atoms with E-state index in [1.165, 1.54) is 5.57 Å².